The Morgan fingerprint density at radius 2 is 2.20 bits per heavy atom. The van der Waals surface area contributed by atoms with Crippen molar-refractivity contribution in [1.82, 2.24) is 4.90 Å². The van der Waals surface area contributed by atoms with Crippen LogP contribution >= 0.6 is 0 Å². The normalized spacial score (nSPS) is 43.4. The Morgan fingerprint density at radius 1 is 1.40 bits per heavy atom. The third-order valence-corrected chi connectivity index (χ3v) is 3.90. The van der Waals surface area contributed by atoms with Gasteiger partial charge in [0.15, 0.2) is 0 Å². The predicted molar refractivity (Wildman–Crippen MR) is 61.8 cm³/mol. The second-order valence-electron chi connectivity index (χ2n) is 5.63. The van der Waals surface area contributed by atoms with E-state index in [0.29, 0.717) is 6.04 Å². The fourth-order valence-electron chi connectivity index (χ4n) is 2.75. The van der Waals surface area contributed by atoms with Crippen LogP contribution in [-0.4, -0.2) is 42.8 Å². The van der Waals surface area contributed by atoms with Gasteiger partial charge in [0.05, 0.1) is 12.1 Å². The summed E-state index contributed by atoms with van der Waals surface area (Å²) in [7, 11) is 0. The van der Waals surface area contributed by atoms with Crippen LogP contribution in [0.15, 0.2) is 0 Å². The van der Waals surface area contributed by atoms with E-state index in [4.69, 9.17) is 10.5 Å². The van der Waals surface area contributed by atoms with Crippen LogP contribution in [0.1, 0.15) is 33.1 Å². The summed E-state index contributed by atoms with van der Waals surface area (Å²) in [5.74, 6) is 0.826. The van der Waals surface area contributed by atoms with E-state index in [-0.39, 0.29) is 5.54 Å². The molecule has 3 heteroatoms. The average Bonchev–Trinajstić information content (AvgIpc) is 2.59. The number of piperidine rings is 1. The SMILES string of the molecule is CC1CCC(C)N(CC2(N)CCOC2)C1. The van der Waals surface area contributed by atoms with Gasteiger partial charge in [-0.15, -0.1) is 0 Å². The molecular weight excluding hydrogens is 188 g/mol. The summed E-state index contributed by atoms with van der Waals surface area (Å²) in [5, 5.41) is 0. The van der Waals surface area contributed by atoms with Gasteiger partial charge in [-0.1, -0.05) is 6.92 Å². The standard InChI is InChI=1S/C12H24N2O/c1-10-3-4-11(2)14(7-10)8-12(13)5-6-15-9-12/h10-11H,3-9,13H2,1-2H3. The number of rotatable bonds is 2. The minimum atomic E-state index is -0.0781. The number of nitrogens with two attached hydrogens (primary N) is 1. The molecule has 0 aromatic carbocycles. The van der Waals surface area contributed by atoms with Gasteiger partial charge in [-0.3, -0.25) is 4.90 Å². The highest BCUT2D eigenvalue weighted by atomic mass is 16.5. The highest BCUT2D eigenvalue weighted by molar-refractivity contribution is 4.93. The van der Waals surface area contributed by atoms with Gasteiger partial charge in [0.1, 0.15) is 0 Å². The molecule has 0 aromatic heterocycles. The molecule has 88 valence electrons. The maximum Gasteiger partial charge on any atom is 0.0659 e. The summed E-state index contributed by atoms with van der Waals surface area (Å²) < 4.78 is 5.41. The summed E-state index contributed by atoms with van der Waals surface area (Å²) >= 11 is 0. The second kappa shape index (κ2) is 4.40. The molecule has 2 aliphatic rings. The molecule has 0 amide bonds. The van der Waals surface area contributed by atoms with Crippen molar-refractivity contribution in [2.45, 2.75) is 44.7 Å². The molecule has 3 nitrogen and oxygen atoms in total. The Morgan fingerprint density at radius 3 is 2.87 bits per heavy atom. The molecular formula is C12H24N2O. The van der Waals surface area contributed by atoms with Crippen LogP contribution < -0.4 is 5.73 Å². The predicted octanol–water partition coefficient (Wildman–Crippen LogP) is 1.22. The number of hydrogen-bond acceptors (Lipinski definition) is 3. The fourth-order valence-corrected chi connectivity index (χ4v) is 2.75. The van der Waals surface area contributed by atoms with Gasteiger partial charge < -0.3 is 10.5 Å². The smallest absolute Gasteiger partial charge is 0.0659 e. The highest BCUT2D eigenvalue weighted by Crippen LogP contribution is 2.25. The van der Waals surface area contributed by atoms with Gasteiger partial charge in [0.2, 0.25) is 0 Å². The summed E-state index contributed by atoms with van der Waals surface area (Å²) in [4.78, 5) is 2.56. The molecule has 2 saturated heterocycles. The highest BCUT2D eigenvalue weighted by Gasteiger charge is 2.35. The lowest BCUT2D eigenvalue weighted by Crippen LogP contribution is -2.55. The van der Waals surface area contributed by atoms with Crippen LogP contribution in [0.3, 0.4) is 0 Å². The monoisotopic (exact) mass is 212 g/mol. The first-order valence-electron chi connectivity index (χ1n) is 6.20. The first-order chi connectivity index (χ1) is 7.09. The van der Waals surface area contributed by atoms with E-state index in [1.165, 1.54) is 19.4 Å². The van der Waals surface area contributed by atoms with Crippen molar-refractivity contribution in [2.75, 3.05) is 26.3 Å². The summed E-state index contributed by atoms with van der Waals surface area (Å²) in [6.45, 7) is 8.47. The van der Waals surface area contributed by atoms with Gasteiger partial charge in [-0.25, -0.2) is 0 Å². The minimum Gasteiger partial charge on any atom is -0.379 e. The van der Waals surface area contributed by atoms with Crippen LogP contribution in [-0.2, 0) is 4.74 Å². The van der Waals surface area contributed by atoms with Crippen molar-refractivity contribution in [3.63, 3.8) is 0 Å². The zero-order chi connectivity index (χ0) is 10.9. The third-order valence-electron chi connectivity index (χ3n) is 3.90. The van der Waals surface area contributed by atoms with Crippen molar-refractivity contribution >= 4 is 0 Å². The molecule has 0 aromatic rings. The number of hydrogen-bond donors (Lipinski definition) is 1. The molecule has 2 heterocycles. The zero-order valence-electron chi connectivity index (χ0n) is 10.0. The molecule has 2 fully saturated rings. The molecule has 0 radical (unpaired) electrons. The first-order valence-corrected chi connectivity index (χ1v) is 6.20. The molecule has 0 spiro atoms. The van der Waals surface area contributed by atoms with E-state index < -0.39 is 0 Å². The Labute approximate surface area is 93.0 Å². The topological polar surface area (TPSA) is 38.5 Å². The van der Waals surface area contributed by atoms with Gasteiger partial charge in [0.25, 0.3) is 0 Å². The second-order valence-corrected chi connectivity index (χ2v) is 5.63. The Balaban J connectivity index is 1.91. The number of ether oxygens (including phenoxy) is 1. The van der Waals surface area contributed by atoms with Crippen LogP contribution in [0.5, 0.6) is 0 Å². The molecule has 3 unspecified atom stereocenters. The maximum absolute atomic E-state index is 6.33. The lowest BCUT2D eigenvalue weighted by Gasteiger charge is -2.40. The van der Waals surface area contributed by atoms with Gasteiger partial charge in [-0.05, 0) is 32.1 Å². The van der Waals surface area contributed by atoms with Crippen molar-refractivity contribution in [3.8, 4) is 0 Å². The molecule has 0 bridgehead atoms. The Hall–Kier alpha value is -0.120. The molecule has 0 aliphatic carbocycles. The molecule has 15 heavy (non-hydrogen) atoms. The van der Waals surface area contributed by atoms with E-state index in [1.807, 2.05) is 0 Å². The molecule has 2 N–H and O–H groups in total. The van der Waals surface area contributed by atoms with E-state index in [2.05, 4.69) is 18.7 Å². The number of likely N-dealkylation sites (tertiary alicyclic amines) is 1. The van der Waals surface area contributed by atoms with E-state index >= 15 is 0 Å². The van der Waals surface area contributed by atoms with Gasteiger partial charge in [0, 0.05) is 25.7 Å². The Kier molecular flexibility index (Phi) is 3.33. The van der Waals surface area contributed by atoms with Crippen molar-refractivity contribution in [3.05, 3.63) is 0 Å². The quantitative estimate of drug-likeness (QED) is 0.748. The summed E-state index contributed by atoms with van der Waals surface area (Å²) in [5.41, 5.74) is 6.25. The van der Waals surface area contributed by atoms with E-state index in [1.54, 1.807) is 0 Å². The van der Waals surface area contributed by atoms with Crippen molar-refractivity contribution < 1.29 is 4.74 Å². The Bertz CT molecular complexity index is 214. The maximum atomic E-state index is 6.33. The molecule has 3 atom stereocenters. The van der Waals surface area contributed by atoms with E-state index in [9.17, 15) is 0 Å². The lowest BCUT2D eigenvalue weighted by molar-refractivity contribution is 0.0873. The molecule has 2 rings (SSSR count). The van der Waals surface area contributed by atoms with Crippen LogP contribution in [0, 0.1) is 5.92 Å². The lowest BCUT2D eigenvalue weighted by atomic mass is 9.91. The zero-order valence-corrected chi connectivity index (χ0v) is 10.0. The van der Waals surface area contributed by atoms with Crippen molar-refractivity contribution in [2.24, 2.45) is 11.7 Å². The van der Waals surface area contributed by atoms with Crippen LogP contribution in [0.4, 0.5) is 0 Å². The minimum absolute atomic E-state index is 0.0781. The largest absolute Gasteiger partial charge is 0.379 e. The average molecular weight is 212 g/mol. The summed E-state index contributed by atoms with van der Waals surface area (Å²) in [6, 6.07) is 0.697. The number of nitrogens with zero attached hydrogens (tertiary/aromatic N) is 1. The molecule has 0 saturated carbocycles. The van der Waals surface area contributed by atoms with Crippen LogP contribution in [0.2, 0.25) is 0 Å². The summed E-state index contributed by atoms with van der Waals surface area (Å²) in [6.07, 6.45) is 3.70. The fraction of sp³-hybridized carbons (Fsp3) is 1.00. The van der Waals surface area contributed by atoms with Crippen molar-refractivity contribution in [1.29, 1.82) is 0 Å². The van der Waals surface area contributed by atoms with Crippen LogP contribution in [0.25, 0.3) is 0 Å². The van der Waals surface area contributed by atoms with E-state index in [0.717, 1.165) is 32.1 Å². The van der Waals surface area contributed by atoms with Gasteiger partial charge >= 0.3 is 0 Å². The molecule has 2 aliphatic heterocycles. The van der Waals surface area contributed by atoms with Gasteiger partial charge in [-0.2, -0.15) is 0 Å². The third kappa shape index (κ3) is 2.71. The first kappa shape index (κ1) is 11.4.